The molecule has 2 unspecified atom stereocenters. The molecule has 0 aliphatic carbocycles. The Hall–Kier alpha value is -0.850. The summed E-state index contributed by atoms with van der Waals surface area (Å²) in [4.78, 5) is 0. The molecule has 0 nitrogen and oxygen atoms in total. The van der Waals surface area contributed by atoms with Crippen molar-refractivity contribution in [1.29, 1.82) is 0 Å². The summed E-state index contributed by atoms with van der Waals surface area (Å²) in [6, 6.07) is 7.74. The van der Waals surface area contributed by atoms with Crippen molar-refractivity contribution in [3.8, 4) is 0 Å². The largest absolute Gasteiger partial charge is 0.251 e. The van der Waals surface area contributed by atoms with Crippen molar-refractivity contribution in [2.45, 2.75) is 85.0 Å². The van der Waals surface area contributed by atoms with Gasteiger partial charge in [-0.05, 0) is 61.3 Å². The summed E-state index contributed by atoms with van der Waals surface area (Å²) >= 11 is 0. The monoisotopic (exact) mass is 305 g/mol. The fourth-order valence-electron chi connectivity index (χ4n) is 3.46. The van der Waals surface area contributed by atoms with Gasteiger partial charge in [0.05, 0.1) is 6.67 Å². The maximum atomic E-state index is 13.0. The maximum Gasteiger partial charge on any atom is 0.0900 e. The van der Waals surface area contributed by atoms with Gasteiger partial charge in [-0.15, -0.1) is 0 Å². The summed E-state index contributed by atoms with van der Waals surface area (Å²) in [5.74, 6) is 1.10. The summed E-state index contributed by atoms with van der Waals surface area (Å²) in [5, 5.41) is 0. The van der Waals surface area contributed by atoms with Gasteiger partial charge in [-0.1, -0.05) is 64.5 Å². The second kappa shape index (κ2) is 10.8. The van der Waals surface area contributed by atoms with Gasteiger partial charge in [0, 0.05) is 0 Å². The van der Waals surface area contributed by atoms with Gasteiger partial charge >= 0.3 is 0 Å². The Morgan fingerprint density at radius 2 is 1.68 bits per heavy atom. The van der Waals surface area contributed by atoms with E-state index in [2.05, 4.69) is 45.9 Å². The summed E-state index contributed by atoms with van der Waals surface area (Å²) in [5.41, 5.74) is 3.67. The van der Waals surface area contributed by atoms with Crippen LogP contribution in [0.4, 0.5) is 4.39 Å². The SMILES string of the molecule is CCCCCCC(CC)CC(CCF)c1cc(C)[c]c(C)c1. The topological polar surface area (TPSA) is 0 Å². The molecule has 0 aromatic heterocycles. The lowest BCUT2D eigenvalue weighted by Crippen LogP contribution is -2.09. The molecule has 0 aliphatic heterocycles. The Balaban J connectivity index is 2.68. The summed E-state index contributed by atoms with van der Waals surface area (Å²) in [6.45, 7) is 8.50. The second-order valence-corrected chi connectivity index (χ2v) is 6.81. The van der Waals surface area contributed by atoms with Gasteiger partial charge in [0.2, 0.25) is 0 Å². The normalized spacial score (nSPS) is 14.0. The van der Waals surface area contributed by atoms with Crippen LogP contribution in [0.2, 0.25) is 0 Å². The van der Waals surface area contributed by atoms with Gasteiger partial charge in [-0.25, -0.2) is 0 Å². The number of hydrogen-bond donors (Lipinski definition) is 0. The molecule has 2 atom stereocenters. The summed E-state index contributed by atoms with van der Waals surface area (Å²) in [7, 11) is 0. The van der Waals surface area contributed by atoms with Crippen LogP contribution in [0, 0.1) is 25.8 Å². The predicted octanol–water partition coefficient (Wildman–Crippen LogP) is 6.93. The van der Waals surface area contributed by atoms with Crippen LogP contribution in [0.1, 0.15) is 87.8 Å². The van der Waals surface area contributed by atoms with E-state index in [4.69, 9.17) is 0 Å². The zero-order chi connectivity index (χ0) is 16.4. The molecule has 0 aliphatic rings. The quantitative estimate of drug-likeness (QED) is 0.389. The Morgan fingerprint density at radius 1 is 1.00 bits per heavy atom. The van der Waals surface area contributed by atoms with Gasteiger partial charge in [0.1, 0.15) is 0 Å². The van der Waals surface area contributed by atoms with Crippen LogP contribution in [-0.2, 0) is 0 Å². The number of benzene rings is 1. The fourth-order valence-corrected chi connectivity index (χ4v) is 3.46. The molecule has 1 aromatic carbocycles. The van der Waals surface area contributed by atoms with E-state index in [0.717, 1.165) is 12.3 Å². The van der Waals surface area contributed by atoms with Gasteiger partial charge < -0.3 is 0 Å². The zero-order valence-electron chi connectivity index (χ0n) is 15.1. The smallest absolute Gasteiger partial charge is 0.0900 e. The molecule has 1 aromatic rings. The minimum Gasteiger partial charge on any atom is -0.251 e. The van der Waals surface area contributed by atoms with Crippen molar-refractivity contribution in [3.63, 3.8) is 0 Å². The lowest BCUT2D eigenvalue weighted by atomic mass is 9.82. The number of halogens is 1. The predicted molar refractivity (Wildman–Crippen MR) is 95.2 cm³/mol. The van der Waals surface area contributed by atoms with Crippen LogP contribution in [0.5, 0.6) is 0 Å². The Kier molecular flexibility index (Phi) is 9.43. The molecule has 0 bridgehead atoms. The van der Waals surface area contributed by atoms with Crippen molar-refractivity contribution in [2.75, 3.05) is 6.67 Å². The molecule has 0 saturated heterocycles. The van der Waals surface area contributed by atoms with E-state index in [1.165, 1.54) is 55.2 Å². The van der Waals surface area contributed by atoms with Crippen LogP contribution in [-0.4, -0.2) is 6.67 Å². The third kappa shape index (κ3) is 6.94. The molecule has 1 rings (SSSR count). The molecule has 1 heteroatoms. The van der Waals surface area contributed by atoms with Crippen molar-refractivity contribution in [1.82, 2.24) is 0 Å². The lowest BCUT2D eigenvalue weighted by molar-refractivity contribution is 0.347. The summed E-state index contributed by atoms with van der Waals surface area (Å²) in [6.07, 6.45) is 9.62. The molecule has 0 saturated carbocycles. The standard InChI is InChI=1S/C21H34F/c1-5-7-8-9-10-19(6-2)16-20(11-12-22)21-14-17(3)13-18(4)15-21/h14-15,19-20H,5-12,16H2,1-4H3. The first-order chi connectivity index (χ1) is 10.6. The van der Waals surface area contributed by atoms with Crippen molar-refractivity contribution < 1.29 is 4.39 Å². The molecular formula is C21H34F. The number of alkyl halides is 1. The maximum absolute atomic E-state index is 13.0. The third-order valence-electron chi connectivity index (χ3n) is 4.75. The highest BCUT2D eigenvalue weighted by Crippen LogP contribution is 2.32. The van der Waals surface area contributed by atoms with E-state index in [0.29, 0.717) is 12.3 Å². The van der Waals surface area contributed by atoms with Gasteiger partial charge in [-0.3, -0.25) is 4.39 Å². The highest BCUT2D eigenvalue weighted by atomic mass is 19.1. The summed E-state index contributed by atoms with van der Waals surface area (Å²) < 4.78 is 13.0. The molecule has 125 valence electrons. The highest BCUT2D eigenvalue weighted by molar-refractivity contribution is 5.30. The first kappa shape index (κ1) is 19.2. The minimum atomic E-state index is -0.215. The van der Waals surface area contributed by atoms with Crippen LogP contribution in [0.3, 0.4) is 0 Å². The number of rotatable bonds is 11. The van der Waals surface area contributed by atoms with Gasteiger partial charge in [0.15, 0.2) is 0 Å². The Bertz CT molecular complexity index is 390. The molecule has 22 heavy (non-hydrogen) atoms. The molecule has 0 amide bonds. The molecule has 1 radical (unpaired) electrons. The van der Waals surface area contributed by atoms with E-state index in [1.54, 1.807) is 0 Å². The highest BCUT2D eigenvalue weighted by Gasteiger charge is 2.17. The number of aryl methyl sites for hydroxylation is 2. The first-order valence-corrected chi connectivity index (χ1v) is 9.17. The Labute approximate surface area is 137 Å². The van der Waals surface area contributed by atoms with Crippen molar-refractivity contribution in [2.24, 2.45) is 5.92 Å². The fraction of sp³-hybridized carbons (Fsp3) is 0.714. The number of hydrogen-bond acceptors (Lipinski definition) is 0. The van der Waals surface area contributed by atoms with Gasteiger partial charge in [0.25, 0.3) is 0 Å². The average molecular weight is 306 g/mol. The molecule has 0 spiro atoms. The Morgan fingerprint density at radius 3 is 2.23 bits per heavy atom. The lowest BCUT2D eigenvalue weighted by Gasteiger charge is -2.23. The van der Waals surface area contributed by atoms with Crippen LogP contribution in [0.15, 0.2) is 12.1 Å². The molecule has 0 heterocycles. The third-order valence-corrected chi connectivity index (χ3v) is 4.75. The first-order valence-electron chi connectivity index (χ1n) is 9.17. The van der Waals surface area contributed by atoms with E-state index in [-0.39, 0.29) is 6.67 Å². The molecule has 0 N–H and O–H groups in total. The van der Waals surface area contributed by atoms with E-state index < -0.39 is 0 Å². The number of unbranched alkanes of at least 4 members (excludes halogenated alkanes) is 3. The molecular weight excluding hydrogens is 271 g/mol. The average Bonchev–Trinajstić information content (AvgIpc) is 2.48. The van der Waals surface area contributed by atoms with Crippen LogP contribution >= 0.6 is 0 Å². The van der Waals surface area contributed by atoms with E-state index >= 15 is 0 Å². The minimum absolute atomic E-state index is 0.215. The van der Waals surface area contributed by atoms with E-state index in [1.807, 2.05) is 0 Å². The van der Waals surface area contributed by atoms with Crippen molar-refractivity contribution >= 4 is 0 Å². The van der Waals surface area contributed by atoms with Crippen LogP contribution < -0.4 is 0 Å². The van der Waals surface area contributed by atoms with Crippen LogP contribution in [0.25, 0.3) is 0 Å². The van der Waals surface area contributed by atoms with Crippen molar-refractivity contribution in [3.05, 3.63) is 34.9 Å². The molecule has 0 fully saturated rings. The second-order valence-electron chi connectivity index (χ2n) is 6.81. The zero-order valence-corrected chi connectivity index (χ0v) is 15.1. The van der Waals surface area contributed by atoms with E-state index in [9.17, 15) is 4.39 Å². The van der Waals surface area contributed by atoms with Gasteiger partial charge in [-0.2, -0.15) is 0 Å².